The van der Waals surface area contributed by atoms with Gasteiger partial charge in [-0.1, -0.05) is 48.0 Å². The molecule has 0 bridgehead atoms. The predicted octanol–water partition coefficient (Wildman–Crippen LogP) is 6.65. The number of aryl methyl sites for hydroxylation is 1. The Kier molecular flexibility index (Phi) is 4.36. The zero-order chi connectivity index (χ0) is 18.1. The van der Waals surface area contributed by atoms with Crippen LogP contribution in [0, 0.1) is 13.8 Å². The maximum Gasteiger partial charge on any atom is 0.0708 e. The Morgan fingerprint density at radius 1 is 0.885 bits per heavy atom. The van der Waals surface area contributed by atoms with Gasteiger partial charge in [0.25, 0.3) is 0 Å². The first-order valence-corrected chi connectivity index (χ1v) is 8.98. The molecule has 1 heterocycles. The molecule has 0 aliphatic rings. The number of rotatable bonds is 3. The lowest BCUT2D eigenvalue weighted by Crippen LogP contribution is -1.99. The van der Waals surface area contributed by atoms with Crippen LogP contribution in [-0.4, -0.2) is 10.8 Å². The normalized spacial score (nSPS) is 11.5. The van der Waals surface area contributed by atoms with E-state index in [0.717, 1.165) is 33.0 Å². The standard InChI is InChI=1S/C23H19ClN2/c1-16-14-19(17(2)26(16)21-12-10-20(24)11-13-21)15-25-23-9-5-7-18-6-3-4-8-22(18)23/h3-15H,1-2H3. The third-order valence-corrected chi connectivity index (χ3v) is 4.92. The van der Waals surface area contributed by atoms with Crippen molar-refractivity contribution in [3.05, 3.63) is 94.8 Å². The molecule has 0 atom stereocenters. The Balaban J connectivity index is 1.74. The summed E-state index contributed by atoms with van der Waals surface area (Å²) in [4.78, 5) is 4.77. The summed E-state index contributed by atoms with van der Waals surface area (Å²) in [6, 6.07) is 24.6. The van der Waals surface area contributed by atoms with E-state index in [1.165, 1.54) is 11.1 Å². The monoisotopic (exact) mass is 358 g/mol. The molecule has 26 heavy (non-hydrogen) atoms. The fourth-order valence-electron chi connectivity index (χ4n) is 3.37. The quantitative estimate of drug-likeness (QED) is 0.365. The molecule has 4 aromatic rings. The summed E-state index contributed by atoms with van der Waals surface area (Å²) in [5, 5.41) is 3.11. The van der Waals surface area contributed by atoms with E-state index in [4.69, 9.17) is 16.6 Å². The van der Waals surface area contributed by atoms with Gasteiger partial charge in [-0.2, -0.15) is 0 Å². The van der Waals surface area contributed by atoms with Crippen molar-refractivity contribution in [3.63, 3.8) is 0 Å². The maximum atomic E-state index is 6.02. The largest absolute Gasteiger partial charge is 0.318 e. The van der Waals surface area contributed by atoms with Crippen molar-refractivity contribution in [2.45, 2.75) is 13.8 Å². The first-order chi connectivity index (χ1) is 12.6. The first kappa shape index (κ1) is 16.6. The molecule has 4 rings (SSSR count). The lowest BCUT2D eigenvalue weighted by atomic mass is 10.1. The van der Waals surface area contributed by atoms with Gasteiger partial charge in [0.15, 0.2) is 0 Å². The number of fused-ring (bicyclic) bond motifs is 1. The van der Waals surface area contributed by atoms with Gasteiger partial charge in [0.1, 0.15) is 0 Å². The van der Waals surface area contributed by atoms with Gasteiger partial charge in [0.05, 0.1) is 5.69 Å². The summed E-state index contributed by atoms with van der Waals surface area (Å²) in [6.45, 7) is 4.23. The van der Waals surface area contributed by atoms with E-state index < -0.39 is 0 Å². The van der Waals surface area contributed by atoms with Crippen molar-refractivity contribution in [2.75, 3.05) is 0 Å². The van der Waals surface area contributed by atoms with E-state index in [2.05, 4.69) is 54.8 Å². The number of aromatic nitrogens is 1. The van der Waals surface area contributed by atoms with Gasteiger partial charge in [-0.15, -0.1) is 0 Å². The van der Waals surface area contributed by atoms with Gasteiger partial charge in [0.2, 0.25) is 0 Å². The maximum absolute atomic E-state index is 6.02. The lowest BCUT2D eigenvalue weighted by Gasteiger charge is -2.09. The highest BCUT2D eigenvalue weighted by Crippen LogP contribution is 2.26. The molecule has 0 amide bonds. The number of nitrogens with zero attached hydrogens (tertiary/aromatic N) is 2. The van der Waals surface area contributed by atoms with Crippen LogP contribution in [0.25, 0.3) is 16.5 Å². The minimum atomic E-state index is 0.744. The van der Waals surface area contributed by atoms with Crippen LogP contribution in [0.5, 0.6) is 0 Å². The Hall–Kier alpha value is -2.84. The molecule has 0 unspecified atom stereocenters. The molecule has 128 valence electrons. The van der Waals surface area contributed by atoms with Crippen LogP contribution in [0.4, 0.5) is 5.69 Å². The zero-order valence-corrected chi connectivity index (χ0v) is 15.5. The van der Waals surface area contributed by atoms with Crippen LogP contribution in [0.1, 0.15) is 17.0 Å². The summed E-state index contributed by atoms with van der Waals surface area (Å²) in [5.41, 5.74) is 5.54. The molecule has 0 saturated heterocycles. The Morgan fingerprint density at radius 3 is 2.42 bits per heavy atom. The van der Waals surface area contributed by atoms with Crippen molar-refractivity contribution in [1.29, 1.82) is 0 Å². The van der Waals surface area contributed by atoms with Crippen molar-refractivity contribution >= 4 is 34.3 Å². The smallest absolute Gasteiger partial charge is 0.0708 e. The van der Waals surface area contributed by atoms with E-state index in [9.17, 15) is 0 Å². The molecule has 0 spiro atoms. The van der Waals surface area contributed by atoms with Gasteiger partial charge < -0.3 is 4.57 Å². The fourth-order valence-corrected chi connectivity index (χ4v) is 3.49. The average Bonchev–Trinajstić information content (AvgIpc) is 2.94. The van der Waals surface area contributed by atoms with E-state index >= 15 is 0 Å². The number of hydrogen-bond acceptors (Lipinski definition) is 1. The molecule has 3 heteroatoms. The minimum absolute atomic E-state index is 0.744. The first-order valence-electron chi connectivity index (χ1n) is 8.60. The molecule has 0 saturated carbocycles. The van der Waals surface area contributed by atoms with Crippen LogP contribution in [-0.2, 0) is 0 Å². The summed E-state index contributed by atoms with van der Waals surface area (Å²) in [7, 11) is 0. The molecule has 0 aliphatic carbocycles. The highest BCUT2D eigenvalue weighted by atomic mass is 35.5. The molecular weight excluding hydrogens is 340 g/mol. The summed E-state index contributed by atoms with van der Waals surface area (Å²) in [6.07, 6.45) is 1.95. The van der Waals surface area contributed by atoms with Crippen molar-refractivity contribution < 1.29 is 0 Å². The van der Waals surface area contributed by atoms with Gasteiger partial charge >= 0.3 is 0 Å². The van der Waals surface area contributed by atoms with Crippen LogP contribution in [0.15, 0.2) is 77.8 Å². The Morgan fingerprint density at radius 2 is 1.62 bits per heavy atom. The third kappa shape index (κ3) is 3.04. The second-order valence-corrected chi connectivity index (χ2v) is 6.83. The van der Waals surface area contributed by atoms with E-state index in [-0.39, 0.29) is 0 Å². The summed E-state index contributed by atoms with van der Waals surface area (Å²) < 4.78 is 2.22. The van der Waals surface area contributed by atoms with Crippen LogP contribution in [0.3, 0.4) is 0 Å². The molecule has 0 N–H and O–H groups in total. The fraction of sp³-hybridized carbons (Fsp3) is 0.0870. The SMILES string of the molecule is Cc1cc(C=Nc2cccc3ccccc23)c(C)n1-c1ccc(Cl)cc1. The van der Waals surface area contributed by atoms with Crippen LogP contribution < -0.4 is 0 Å². The van der Waals surface area contributed by atoms with Crippen molar-refractivity contribution in [2.24, 2.45) is 4.99 Å². The predicted molar refractivity (Wildman–Crippen MR) is 111 cm³/mol. The molecule has 0 fully saturated rings. The molecule has 0 aliphatic heterocycles. The van der Waals surface area contributed by atoms with E-state index in [1.54, 1.807) is 0 Å². The Labute approximate surface area is 158 Å². The molecule has 0 radical (unpaired) electrons. The second kappa shape index (κ2) is 6.81. The Bertz CT molecular complexity index is 1100. The topological polar surface area (TPSA) is 17.3 Å². The summed E-state index contributed by atoms with van der Waals surface area (Å²) >= 11 is 6.02. The van der Waals surface area contributed by atoms with E-state index in [0.29, 0.717) is 0 Å². The molecule has 2 nitrogen and oxygen atoms in total. The second-order valence-electron chi connectivity index (χ2n) is 6.39. The highest BCUT2D eigenvalue weighted by molar-refractivity contribution is 6.30. The van der Waals surface area contributed by atoms with Crippen LogP contribution in [0.2, 0.25) is 5.02 Å². The highest BCUT2D eigenvalue weighted by Gasteiger charge is 2.09. The van der Waals surface area contributed by atoms with Gasteiger partial charge in [-0.3, -0.25) is 4.99 Å². The van der Waals surface area contributed by atoms with Crippen molar-refractivity contribution in [3.8, 4) is 5.69 Å². The number of hydrogen-bond donors (Lipinski definition) is 0. The van der Waals surface area contributed by atoms with Gasteiger partial charge in [-0.25, -0.2) is 0 Å². The van der Waals surface area contributed by atoms with Crippen LogP contribution >= 0.6 is 11.6 Å². The third-order valence-electron chi connectivity index (χ3n) is 4.66. The molecule has 3 aromatic carbocycles. The minimum Gasteiger partial charge on any atom is -0.318 e. The number of benzene rings is 3. The lowest BCUT2D eigenvalue weighted by molar-refractivity contribution is 0.965. The average molecular weight is 359 g/mol. The molecular formula is C23H19ClN2. The number of halogens is 1. The molecule has 1 aromatic heterocycles. The summed E-state index contributed by atoms with van der Waals surface area (Å²) in [5.74, 6) is 0. The zero-order valence-electron chi connectivity index (χ0n) is 14.8. The van der Waals surface area contributed by atoms with E-state index in [1.807, 2.05) is 42.6 Å². The van der Waals surface area contributed by atoms with Crippen molar-refractivity contribution in [1.82, 2.24) is 4.57 Å². The number of aliphatic imine (C=N–C) groups is 1. The van der Waals surface area contributed by atoms with Gasteiger partial charge in [0, 0.05) is 39.3 Å². The van der Waals surface area contributed by atoms with Gasteiger partial charge in [-0.05, 0) is 55.6 Å².